The Balaban J connectivity index is 1.56. The third-order valence-corrected chi connectivity index (χ3v) is 5.85. The number of carbonyl (C=O) groups excluding carboxylic acids is 1. The van der Waals surface area contributed by atoms with Crippen molar-refractivity contribution in [1.29, 1.82) is 0 Å². The zero-order valence-electron chi connectivity index (χ0n) is 12.1. The number of hydrogen-bond acceptors (Lipinski definition) is 2. The Morgan fingerprint density at radius 1 is 1.05 bits per heavy atom. The molecule has 0 heterocycles. The first-order chi connectivity index (χ1) is 10.1. The molecule has 114 valence electrons. The number of nitrogens with one attached hydrogen (secondary N) is 1. The maximum atomic E-state index is 12.2. The Kier molecular flexibility index (Phi) is 4.53. The number of alkyl halides is 1. The lowest BCUT2D eigenvalue weighted by atomic mass is 9.69. The van der Waals surface area contributed by atoms with Crippen LogP contribution < -0.4 is 5.32 Å². The smallest absolute Gasteiger partial charge is 0.251 e. The van der Waals surface area contributed by atoms with E-state index in [0.29, 0.717) is 16.4 Å². The van der Waals surface area contributed by atoms with Crippen molar-refractivity contribution in [1.82, 2.24) is 5.32 Å². The van der Waals surface area contributed by atoms with Crippen molar-refractivity contribution in [2.24, 2.45) is 11.8 Å². The number of hydrogen-bond donors (Lipinski definition) is 2. The second-order valence-electron chi connectivity index (χ2n) is 6.46. The fourth-order valence-electron chi connectivity index (χ4n) is 3.84. The van der Waals surface area contributed by atoms with Crippen LogP contribution in [0.3, 0.4) is 0 Å². The molecule has 3 nitrogen and oxygen atoms in total. The zero-order chi connectivity index (χ0) is 14.8. The standard InChI is InChI=1S/C17H22BrNO2/c18-14-5-1-13-10-15(6-2-12(13)9-14)19-17(21)11-3-7-16(20)8-4-11/h3-4,7-8,12-15,20H,1-2,5-6,9-10H2,(H,19,21). The monoisotopic (exact) mass is 351 g/mol. The summed E-state index contributed by atoms with van der Waals surface area (Å²) in [5.74, 6) is 1.79. The lowest BCUT2D eigenvalue weighted by molar-refractivity contribution is 0.0882. The molecule has 0 radical (unpaired) electrons. The van der Waals surface area contributed by atoms with Gasteiger partial charge in [-0.25, -0.2) is 0 Å². The molecule has 2 N–H and O–H groups in total. The van der Waals surface area contributed by atoms with E-state index in [4.69, 9.17) is 0 Å². The Morgan fingerprint density at radius 2 is 1.71 bits per heavy atom. The first kappa shape index (κ1) is 14.9. The molecule has 2 fully saturated rings. The van der Waals surface area contributed by atoms with E-state index in [2.05, 4.69) is 21.2 Å². The highest BCUT2D eigenvalue weighted by Gasteiger charge is 2.35. The molecule has 21 heavy (non-hydrogen) atoms. The molecule has 4 heteroatoms. The van der Waals surface area contributed by atoms with Crippen molar-refractivity contribution in [3.63, 3.8) is 0 Å². The molecule has 2 aliphatic carbocycles. The molecule has 0 spiro atoms. The Hall–Kier alpha value is -1.03. The van der Waals surface area contributed by atoms with Gasteiger partial charge in [0.15, 0.2) is 0 Å². The predicted molar refractivity (Wildman–Crippen MR) is 86.8 cm³/mol. The fourth-order valence-corrected chi connectivity index (χ4v) is 4.59. The molecule has 0 bridgehead atoms. The molecular weight excluding hydrogens is 330 g/mol. The van der Waals surface area contributed by atoms with Gasteiger partial charge < -0.3 is 10.4 Å². The van der Waals surface area contributed by atoms with E-state index in [-0.39, 0.29) is 11.7 Å². The van der Waals surface area contributed by atoms with Crippen LogP contribution in [0, 0.1) is 11.8 Å². The number of carbonyl (C=O) groups is 1. The predicted octanol–water partition coefficient (Wildman–Crippen LogP) is 3.85. The van der Waals surface area contributed by atoms with Gasteiger partial charge in [-0.2, -0.15) is 0 Å². The summed E-state index contributed by atoms with van der Waals surface area (Å²) in [6.07, 6.45) is 7.28. The molecule has 4 unspecified atom stereocenters. The highest BCUT2D eigenvalue weighted by atomic mass is 79.9. The van der Waals surface area contributed by atoms with Gasteiger partial charge in [0, 0.05) is 16.4 Å². The van der Waals surface area contributed by atoms with Gasteiger partial charge in [0.25, 0.3) is 5.91 Å². The summed E-state index contributed by atoms with van der Waals surface area (Å²) in [6, 6.07) is 6.77. The van der Waals surface area contributed by atoms with E-state index in [0.717, 1.165) is 24.7 Å². The van der Waals surface area contributed by atoms with Gasteiger partial charge in [-0.3, -0.25) is 4.79 Å². The number of halogens is 1. The largest absolute Gasteiger partial charge is 0.508 e. The van der Waals surface area contributed by atoms with Gasteiger partial charge in [0.05, 0.1) is 0 Å². The third kappa shape index (κ3) is 3.60. The minimum atomic E-state index is -0.0207. The minimum absolute atomic E-state index is 0.0207. The highest BCUT2D eigenvalue weighted by Crippen LogP contribution is 2.42. The van der Waals surface area contributed by atoms with E-state index in [1.165, 1.54) is 25.7 Å². The zero-order valence-corrected chi connectivity index (χ0v) is 13.7. The van der Waals surface area contributed by atoms with Crippen molar-refractivity contribution in [2.75, 3.05) is 0 Å². The van der Waals surface area contributed by atoms with Crippen molar-refractivity contribution in [2.45, 2.75) is 49.4 Å². The molecule has 2 aliphatic rings. The Morgan fingerprint density at radius 3 is 2.48 bits per heavy atom. The lowest BCUT2D eigenvalue weighted by Gasteiger charge is -2.41. The molecule has 1 aromatic rings. The average molecular weight is 352 g/mol. The van der Waals surface area contributed by atoms with Crippen LogP contribution in [0.25, 0.3) is 0 Å². The van der Waals surface area contributed by atoms with Crippen molar-refractivity contribution < 1.29 is 9.90 Å². The van der Waals surface area contributed by atoms with E-state index >= 15 is 0 Å². The van der Waals surface area contributed by atoms with E-state index in [1.807, 2.05) is 0 Å². The van der Waals surface area contributed by atoms with E-state index in [1.54, 1.807) is 24.3 Å². The molecule has 3 rings (SSSR count). The lowest BCUT2D eigenvalue weighted by Crippen LogP contribution is -2.42. The van der Waals surface area contributed by atoms with Gasteiger partial charge in [-0.05, 0) is 74.6 Å². The summed E-state index contributed by atoms with van der Waals surface area (Å²) in [4.78, 5) is 12.9. The molecule has 4 atom stereocenters. The van der Waals surface area contributed by atoms with Crippen LogP contribution in [0.4, 0.5) is 0 Å². The van der Waals surface area contributed by atoms with Crippen LogP contribution in [0.1, 0.15) is 48.9 Å². The van der Waals surface area contributed by atoms with Gasteiger partial charge in [-0.15, -0.1) is 0 Å². The number of fused-ring (bicyclic) bond motifs is 1. The van der Waals surface area contributed by atoms with Crippen LogP contribution in [0.15, 0.2) is 24.3 Å². The molecule has 1 aromatic carbocycles. The number of aromatic hydroxyl groups is 1. The summed E-state index contributed by atoms with van der Waals surface area (Å²) in [5, 5.41) is 12.4. The Bertz CT molecular complexity index is 502. The molecule has 0 saturated heterocycles. The average Bonchev–Trinajstić information content (AvgIpc) is 2.48. The first-order valence-electron chi connectivity index (χ1n) is 7.86. The van der Waals surface area contributed by atoms with Gasteiger partial charge in [0.2, 0.25) is 0 Å². The number of phenolic OH excluding ortho intramolecular Hbond substituents is 1. The summed E-state index contributed by atoms with van der Waals surface area (Å²) in [6.45, 7) is 0. The quantitative estimate of drug-likeness (QED) is 0.795. The second kappa shape index (κ2) is 6.39. The number of phenols is 1. The molecule has 1 amide bonds. The van der Waals surface area contributed by atoms with Crippen molar-refractivity contribution >= 4 is 21.8 Å². The maximum Gasteiger partial charge on any atom is 0.251 e. The van der Waals surface area contributed by atoms with E-state index in [9.17, 15) is 9.90 Å². The third-order valence-electron chi connectivity index (χ3n) is 5.01. The van der Waals surface area contributed by atoms with Crippen molar-refractivity contribution in [3.05, 3.63) is 29.8 Å². The minimum Gasteiger partial charge on any atom is -0.508 e. The van der Waals surface area contributed by atoms with Crippen LogP contribution in [-0.2, 0) is 0 Å². The summed E-state index contributed by atoms with van der Waals surface area (Å²) < 4.78 is 0. The Labute approximate surface area is 134 Å². The van der Waals surface area contributed by atoms with Crippen LogP contribution >= 0.6 is 15.9 Å². The SMILES string of the molecule is O=C(NC1CCC2CC(Br)CCC2C1)c1ccc(O)cc1. The molecule has 0 aliphatic heterocycles. The molecular formula is C17H22BrNO2. The summed E-state index contributed by atoms with van der Waals surface area (Å²) >= 11 is 3.75. The maximum absolute atomic E-state index is 12.2. The molecule has 0 aromatic heterocycles. The van der Waals surface area contributed by atoms with Crippen LogP contribution in [0.2, 0.25) is 0 Å². The topological polar surface area (TPSA) is 49.3 Å². The van der Waals surface area contributed by atoms with Crippen molar-refractivity contribution in [3.8, 4) is 5.75 Å². The number of rotatable bonds is 2. The second-order valence-corrected chi connectivity index (χ2v) is 7.76. The molecule has 2 saturated carbocycles. The summed E-state index contributed by atoms with van der Waals surface area (Å²) in [7, 11) is 0. The van der Waals surface area contributed by atoms with Gasteiger partial charge in [0.1, 0.15) is 5.75 Å². The van der Waals surface area contributed by atoms with Crippen LogP contribution in [-0.4, -0.2) is 21.9 Å². The summed E-state index contributed by atoms with van der Waals surface area (Å²) in [5.41, 5.74) is 0.624. The van der Waals surface area contributed by atoms with Gasteiger partial charge in [-0.1, -0.05) is 15.9 Å². The van der Waals surface area contributed by atoms with Gasteiger partial charge >= 0.3 is 0 Å². The van der Waals surface area contributed by atoms with E-state index < -0.39 is 0 Å². The fraction of sp³-hybridized carbons (Fsp3) is 0.588. The van der Waals surface area contributed by atoms with Crippen LogP contribution in [0.5, 0.6) is 5.75 Å². The number of amides is 1. The normalized spacial score (nSPS) is 32.2. The number of benzene rings is 1. The first-order valence-corrected chi connectivity index (χ1v) is 8.77. The highest BCUT2D eigenvalue weighted by molar-refractivity contribution is 9.09.